The summed E-state index contributed by atoms with van der Waals surface area (Å²) < 4.78 is 0. The quantitative estimate of drug-likeness (QED) is 0.0625. The number of anilines is 6. The monoisotopic (exact) mass is 929 g/mol. The molecular formula is C69H72N2. The Balaban J connectivity index is 1.06. The van der Waals surface area contributed by atoms with Crippen molar-refractivity contribution in [3.8, 4) is 11.1 Å². The van der Waals surface area contributed by atoms with Crippen molar-refractivity contribution in [1.82, 2.24) is 0 Å². The van der Waals surface area contributed by atoms with Gasteiger partial charge in [-0.1, -0.05) is 237 Å². The fourth-order valence-electron chi connectivity index (χ4n) is 11.2. The number of benzene rings is 8. The number of unbranched alkanes of at least 4 members (excludes halogenated alkanes) is 2. The van der Waals surface area contributed by atoms with Gasteiger partial charge in [0.2, 0.25) is 0 Å². The van der Waals surface area contributed by atoms with Crippen LogP contribution in [0.25, 0.3) is 35.4 Å². The van der Waals surface area contributed by atoms with E-state index < -0.39 is 0 Å². The minimum atomic E-state index is -0.0683. The van der Waals surface area contributed by atoms with Crippen LogP contribution in [0, 0.1) is 11.8 Å². The molecule has 71 heavy (non-hydrogen) atoms. The van der Waals surface area contributed by atoms with Gasteiger partial charge in [0, 0.05) is 39.5 Å². The fraction of sp³-hybridized carbons (Fsp3) is 0.246. The zero-order valence-electron chi connectivity index (χ0n) is 42.6. The maximum atomic E-state index is 2.58. The second-order valence-electron chi connectivity index (χ2n) is 19.8. The van der Waals surface area contributed by atoms with Crippen LogP contribution in [0.1, 0.15) is 125 Å². The van der Waals surface area contributed by atoms with Crippen molar-refractivity contribution in [2.45, 2.75) is 97.3 Å². The Morgan fingerprint density at radius 1 is 0.352 bits per heavy atom. The number of hydrogen-bond donors (Lipinski definition) is 0. The van der Waals surface area contributed by atoms with E-state index in [1.807, 2.05) is 0 Å². The highest BCUT2D eigenvalue weighted by Crippen LogP contribution is 2.57. The molecule has 0 N–H and O–H groups in total. The van der Waals surface area contributed by atoms with Crippen LogP contribution in [0.4, 0.5) is 34.1 Å². The van der Waals surface area contributed by atoms with Gasteiger partial charge in [0.05, 0.1) is 0 Å². The molecule has 0 aliphatic heterocycles. The van der Waals surface area contributed by atoms with Gasteiger partial charge in [0.1, 0.15) is 0 Å². The Kier molecular flexibility index (Phi) is 16.3. The summed E-state index contributed by atoms with van der Waals surface area (Å²) in [7, 11) is 0. The Labute approximate surface area is 426 Å². The van der Waals surface area contributed by atoms with E-state index in [1.165, 1.54) is 109 Å². The van der Waals surface area contributed by atoms with Gasteiger partial charge < -0.3 is 9.80 Å². The summed E-state index contributed by atoms with van der Waals surface area (Å²) in [6, 6.07) is 75.4. The van der Waals surface area contributed by atoms with E-state index in [1.54, 1.807) is 0 Å². The van der Waals surface area contributed by atoms with Crippen LogP contribution >= 0.6 is 0 Å². The number of nitrogens with zero attached hydrogens (tertiary/aromatic N) is 2. The number of rotatable bonds is 22. The lowest BCUT2D eigenvalue weighted by Crippen LogP contribution is -2.31. The molecule has 0 spiro atoms. The summed E-state index contributed by atoms with van der Waals surface area (Å²) in [5.74, 6) is 1.32. The van der Waals surface area contributed by atoms with Crippen molar-refractivity contribution >= 4 is 58.4 Å². The molecule has 358 valence electrons. The minimum absolute atomic E-state index is 0.0683. The van der Waals surface area contributed by atoms with Gasteiger partial charge in [-0.3, -0.25) is 0 Å². The lowest BCUT2D eigenvalue weighted by molar-refractivity contribution is 0.266. The fourth-order valence-corrected chi connectivity index (χ4v) is 11.2. The van der Waals surface area contributed by atoms with Gasteiger partial charge in [-0.15, -0.1) is 0 Å². The molecule has 2 heteroatoms. The minimum Gasteiger partial charge on any atom is -0.311 e. The molecule has 9 rings (SSSR count). The average Bonchev–Trinajstić information content (AvgIpc) is 3.68. The normalized spacial score (nSPS) is 13.5. The van der Waals surface area contributed by atoms with Crippen molar-refractivity contribution in [3.63, 3.8) is 0 Å². The smallest absolute Gasteiger partial charge is 0.0462 e. The summed E-state index contributed by atoms with van der Waals surface area (Å²) >= 11 is 0. The van der Waals surface area contributed by atoms with Crippen LogP contribution in [0.3, 0.4) is 0 Å². The van der Waals surface area contributed by atoms with Gasteiger partial charge in [-0.05, 0) is 142 Å². The highest BCUT2D eigenvalue weighted by Gasteiger charge is 2.45. The number of para-hydroxylation sites is 4. The highest BCUT2D eigenvalue weighted by atomic mass is 15.1. The van der Waals surface area contributed by atoms with Crippen LogP contribution in [-0.2, 0) is 5.41 Å². The van der Waals surface area contributed by atoms with E-state index in [0.29, 0.717) is 11.8 Å². The average molecular weight is 929 g/mol. The predicted octanol–water partition coefficient (Wildman–Crippen LogP) is 20.4. The third-order valence-corrected chi connectivity index (χ3v) is 15.1. The Morgan fingerprint density at radius 3 is 0.958 bits per heavy atom. The third-order valence-electron chi connectivity index (χ3n) is 15.1. The molecule has 0 aromatic heterocycles. The van der Waals surface area contributed by atoms with E-state index in [-0.39, 0.29) is 5.41 Å². The topological polar surface area (TPSA) is 6.48 Å². The Morgan fingerprint density at radius 2 is 0.648 bits per heavy atom. The maximum absolute atomic E-state index is 2.58. The zero-order chi connectivity index (χ0) is 48.8. The SMILES string of the molecule is CCCCC(CC)CC1(CC(CC)CCCC)c2cc(/C=C/c3ccc(N(c4ccccc4)c4ccccc4)cc3)ccc2-c2ccc(/C=C/c3ccc(N(c4ccccc4)c4ccccc4)cc3)cc21. The van der Waals surface area contributed by atoms with Gasteiger partial charge in [0.15, 0.2) is 0 Å². The summed E-state index contributed by atoms with van der Waals surface area (Å²) in [5, 5.41) is 0. The van der Waals surface area contributed by atoms with Crippen LogP contribution in [0.2, 0.25) is 0 Å². The van der Waals surface area contributed by atoms with E-state index in [4.69, 9.17) is 0 Å². The van der Waals surface area contributed by atoms with E-state index >= 15 is 0 Å². The molecule has 0 radical (unpaired) electrons. The lowest BCUT2D eigenvalue weighted by atomic mass is 9.65. The van der Waals surface area contributed by atoms with Crippen molar-refractivity contribution in [2.75, 3.05) is 9.80 Å². The summed E-state index contributed by atoms with van der Waals surface area (Å²) in [6.45, 7) is 9.58. The largest absolute Gasteiger partial charge is 0.311 e. The van der Waals surface area contributed by atoms with Crippen LogP contribution in [0.5, 0.6) is 0 Å². The number of fused-ring (bicyclic) bond motifs is 3. The zero-order valence-corrected chi connectivity index (χ0v) is 42.6. The second-order valence-corrected chi connectivity index (χ2v) is 19.8. The summed E-state index contributed by atoms with van der Waals surface area (Å²) in [4.78, 5) is 4.65. The van der Waals surface area contributed by atoms with Crippen molar-refractivity contribution in [3.05, 3.63) is 240 Å². The first kappa shape index (κ1) is 48.8. The van der Waals surface area contributed by atoms with Gasteiger partial charge >= 0.3 is 0 Å². The molecule has 0 bridgehead atoms. The van der Waals surface area contributed by atoms with Gasteiger partial charge in [-0.2, -0.15) is 0 Å². The first-order valence-electron chi connectivity index (χ1n) is 26.7. The van der Waals surface area contributed by atoms with Crippen LogP contribution < -0.4 is 9.80 Å². The molecule has 2 nitrogen and oxygen atoms in total. The molecular weight excluding hydrogens is 857 g/mol. The first-order chi connectivity index (χ1) is 35.0. The van der Waals surface area contributed by atoms with Crippen molar-refractivity contribution in [2.24, 2.45) is 11.8 Å². The highest BCUT2D eigenvalue weighted by molar-refractivity contribution is 5.86. The lowest BCUT2D eigenvalue weighted by Gasteiger charge is -2.39. The van der Waals surface area contributed by atoms with E-state index in [2.05, 4.69) is 268 Å². The molecule has 0 saturated heterocycles. The molecule has 8 aromatic carbocycles. The Hall–Kier alpha value is -7.16. The molecule has 1 aliphatic rings. The summed E-state index contributed by atoms with van der Waals surface area (Å²) in [6.07, 6.45) is 21.7. The number of hydrogen-bond acceptors (Lipinski definition) is 2. The molecule has 8 aromatic rings. The molecule has 0 amide bonds. The third kappa shape index (κ3) is 11.4. The molecule has 2 unspecified atom stereocenters. The molecule has 2 atom stereocenters. The van der Waals surface area contributed by atoms with Gasteiger partial charge in [0.25, 0.3) is 0 Å². The van der Waals surface area contributed by atoms with Crippen LogP contribution in [-0.4, -0.2) is 0 Å². The Bertz CT molecular complexity index is 2670. The van der Waals surface area contributed by atoms with Crippen LogP contribution in [0.15, 0.2) is 206 Å². The standard InChI is InChI=1S/C69H72N2/c1-5-9-23-53(7-3)51-69(52-54(8-4)24-10-6-2)67-49-57(35-33-55-37-43-63(44-38-55)70(59-25-15-11-16-26-59)60-27-17-12-18-28-60)41-47-65(67)66-48-42-58(50-68(66)69)36-34-56-39-45-64(46-40-56)71(61-29-19-13-20-30-61)62-31-21-14-22-32-62/h11-22,25-50,53-54H,5-10,23-24,51-52H2,1-4H3/b35-33+,36-34+. The summed E-state index contributed by atoms with van der Waals surface area (Å²) in [5.41, 5.74) is 17.6. The molecule has 1 aliphatic carbocycles. The molecule has 0 saturated carbocycles. The van der Waals surface area contributed by atoms with E-state index in [0.717, 1.165) is 34.1 Å². The van der Waals surface area contributed by atoms with Crippen molar-refractivity contribution < 1.29 is 0 Å². The van der Waals surface area contributed by atoms with Gasteiger partial charge in [-0.25, -0.2) is 0 Å². The maximum Gasteiger partial charge on any atom is 0.0462 e. The molecule has 0 fully saturated rings. The van der Waals surface area contributed by atoms with Crippen molar-refractivity contribution in [1.29, 1.82) is 0 Å². The molecule has 0 heterocycles. The predicted molar refractivity (Wildman–Crippen MR) is 309 cm³/mol. The first-order valence-corrected chi connectivity index (χ1v) is 26.7. The second kappa shape index (κ2) is 23.6. The van der Waals surface area contributed by atoms with E-state index in [9.17, 15) is 0 Å².